The number of pyridine rings is 1. The van der Waals surface area contributed by atoms with Gasteiger partial charge >= 0.3 is 12.1 Å². The summed E-state index contributed by atoms with van der Waals surface area (Å²) in [5.41, 5.74) is -1.35. The smallest absolute Gasteiger partial charge is 0.433 e. The van der Waals surface area contributed by atoms with Crippen LogP contribution in [0.3, 0.4) is 0 Å². The molecule has 2 fully saturated rings. The number of amides is 1. The average molecular weight is 408 g/mol. The number of aromatic carboxylic acids is 1. The number of carbonyl (C=O) groups excluding carboxylic acids is 1. The molecule has 29 heavy (non-hydrogen) atoms. The Morgan fingerprint density at radius 1 is 1.14 bits per heavy atom. The lowest BCUT2D eigenvalue weighted by atomic mass is 10.2. The fourth-order valence-corrected chi connectivity index (χ4v) is 3.63. The highest BCUT2D eigenvalue weighted by molar-refractivity contribution is 5.94. The number of likely N-dealkylation sites (tertiary alicyclic amines) is 1. The molecule has 0 aromatic carbocycles. The quantitative estimate of drug-likeness (QED) is 0.807. The van der Waals surface area contributed by atoms with E-state index in [9.17, 15) is 22.8 Å². The maximum atomic E-state index is 12.7. The summed E-state index contributed by atoms with van der Waals surface area (Å²) in [5, 5.41) is 8.95. The predicted octanol–water partition coefficient (Wildman–Crippen LogP) is 1.99. The van der Waals surface area contributed by atoms with Crippen molar-refractivity contribution in [3.05, 3.63) is 47.7 Å². The van der Waals surface area contributed by atoms with Gasteiger partial charge in [-0.1, -0.05) is 6.07 Å². The number of ether oxygens (including phenoxy) is 1. The first-order chi connectivity index (χ1) is 13.7. The van der Waals surface area contributed by atoms with Crippen molar-refractivity contribution < 1.29 is 32.6 Å². The number of aromatic nitrogens is 3. The molecule has 0 unspecified atom stereocenters. The standard InChI is InChI=1S/C18H15F3N4O4/c19-18(20,21)14-2-1-3-15(24-14)29-8-11-9-6-25(7-10(9)11)16(26)12-4-22-5-13(23-12)17(27)28/h1-5,9-11H,6-8H2,(H,27,28)/t9-,10+,11-. The summed E-state index contributed by atoms with van der Waals surface area (Å²) in [6, 6.07) is 3.49. The first-order valence-corrected chi connectivity index (χ1v) is 8.75. The third-order valence-corrected chi connectivity index (χ3v) is 5.17. The zero-order chi connectivity index (χ0) is 20.8. The van der Waals surface area contributed by atoms with Gasteiger partial charge < -0.3 is 14.7 Å². The molecule has 2 aliphatic rings. The van der Waals surface area contributed by atoms with Gasteiger partial charge in [-0.2, -0.15) is 13.2 Å². The second-order valence-corrected chi connectivity index (χ2v) is 6.97. The number of nitrogens with zero attached hydrogens (tertiary/aromatic N) is 4. The van der Waals surface area contributed by atoms with E-state index in [1.54, 1.807) is 4.90 Å². The third-order valence-electron chi connectivity index (χ3n) is 5.17. The number of hydrogen-bond donors (Lipinski definition) is 1. The molecule has 0 radical (unpaired) electrons. The topological polar surface area (TPSA) is 106 Å². The monoisotopic (exact) mass is 408 g/mol. The molecule has 0 bridgehead atoms. The normalized spacial score (nSPS) is 22.9. The van der Waals surface area contributed by atoms with E-state index in [2.05, 4.69) is 15.0 Å². The Hall–Kier alpha value is -3.24. The lowest BCUT2D eigenvalue weighted by Crippen LogP contribution is -2.33. The van der Waals surface area contributed by atoms with Crippen LogP contribution in [0.25, 0.3) is 0 Å². The average Bonchev–Trinajstić information content (AvgIpc) is 3.14. The predicted molar refractivity (Wildman–Crippen MR) is 90.1 cm³/mol. The highest BCUT2D eigenvalue weighted by Crippen LogP contribution is 2.51. The van der Waals surface area contributed by atoms with Crippen molar-refractivity contribution in [2.24, 2.45) is 17.8 Å². The van der Waals surface area contributed by atoms with Crippen molar-refractivity contribution in [3.8, 4) is 5.88 Å². The van der Waals surface area contributed by atoms with Crippen LogP contribution in [-0.2, 0) is 6.18 Å². The molecule has 1 saturated heterocycles. The summed E-state index contributed by atoms with van der Waals surface area (Å²) in [4.78, 5) is 36.0. The van der Waals surface area contributed by atoms with Gasteiger partial charge in [0.15, 0.2) is 5.69 Å². The van der Waals surface area contributed by atoms with Crippen molar-refractivity contribution in [1.82, 2.24) is 19.9 Å². The number of alkyl halides is 3. The number of fused-ring (bicyclic) bond motifs is 1. The Morgan fingerprint density at radius 2 is 1.83 bits per heavy atom. The Kier molecular flexibility index (Phi) is 4.59. The van der Waals surface area contributed by atoms with E-state index in [-0.39, 0.29) is 41.6 Å². The van der Waals surface area contributed by atoms with Crippen molar-refractivity contribution in [1.29, 1.82) is 0 Å². The minimum Gasteiger partial charge on any atom is -0.477 e. The fourth-order valence-electron chi connectivity index (χ4n) is 3.63. The number of carboxylic acid groups (broad SMARTS) is 1. The molecule has 152 valence electrons. The lowest BCUT2D eigenvalue weighted by Gasteiger charge is -2.19. The molecule has 0 spiro atoms. The number of piperidine rings is 1. The van der Waals surface area contributed by atoms with E-state index in [4.69, 9.17) is 9.84 Å². The Morgan fingerprint density at radius 3 is 2.48 bits per heavy atom. The second kappa shape index (κ2) is 6.98. The molecular weight excluding hydrogens is 393 g/mol. The van der Waals surface area contributed by atoms with Crippen molar-refractivity contribution in [2.45, 2.75) is 6.18 Å². The van der Waals surface area contributed by atoms with Crippen LogP contribution in [-0.4, -0.2) is 56.5 Å². The summed E-state index contributed by atoms with van der Waals surface area (Å²) in [6.45, 7) is 1.12. The molecule has 2 aromatic rings. The SMILES string of the molecule is O=C(O)c1cncc(C(=O)N2C[C@@H]3[C@H](COc4cccc(C(F)(F)F)n4)[C@@H]3C2)n1. The van der Waals surface area contributed by atoms with Crippen molar-refractivity contribution in [3.63, 3.8) is 0 Å². The van der Waals surface area contributed by atoms with Gasteiger partial charge in [-0.3, -0.25) is 9.78 Å². The van der Waals surface area contributed by atoms with Gasteiger partial charge in [-0.05, 0) is 17.9 Å². The van der Waals surface area contributed by atoms with Gasteiger partial charge in [-0.25, -0.2) is 14.8 Å². The van der Waals surface area contributed by atoms with Crippen LogP contribution in [0, 0.1) is 17.8 Å². The molecule has 8 nitrogen and oxygen atoms in total. The molecule has 3 atom stereocenters. The first kappa shape index (κ1) is 19.1. The van der Waals surface area contributed by atoms with Crippen molar-refractivity contribution >= 4 is 11.9 Å². The van der Waals surface area contributed by atoms with Crippen LogP contribution in [0.2, 0.25) is 0 Å². The van der Waals surface area contributed by atoms with Gasteiger partial charge in [-0.15, -0.1) is 0 Å². The van der Waals surface area contributed by atoms with Gasteiger partial charge in [0, 0.05) is 25.1 Å². The Bertz CT molecular complexity index is 956. The van der Waals surface area contributed by atoms with E-state index in [0.29, 0.717) is 13.1 Å². The van der Waals surface area contributed by atoms with Crippen LogP contribution in [0.15, 0.2) is 30.6 Å². The molecule has 3 heterocycles. The van der Waals surface area contributed by atoms with Crippen LogP contribution < -0.4 is 4.74 Å². The summed E-state index contributed by atoms with van der Waals surface area (Å²) in [6.07, 6.45) is -2.24. The van der Waals surface area contributed by atoms with Crippen molar-refractivity contribution in [2.75, 3.05) is 19.7 Å². The molecule has 2 aromatic heterocycles. The Labute approximate surface area is 162 Å². The van der Waals surface area contributed by atoms with Crippen LogP contribution in [0.1, 0.15) is 26.7 Å². The molecule has 1 N–H and O–H groups in total. The minimum absolute atomic E-state index is 0.0350. The zero-order valence-corrected chi connectivity index (χ0v) is 14.8. The second-order valence-electron chi connectivity index (χ2n) is 6.97. The van der Waals surface area contributed by atoms with E-state index in [1.807, 2.05) is 0 Å². The van der Waals surface area contributed by atoms with Crippen LogP contribution in [0.4, 0.5) is 13.2 Å². The number of carboxylic acids is 1. The van der Waals surface area contributed by atoms with Crippen LogP contribution in [0.5, 0.6) is 5.88 Å². The number of hydrogen-bond acceptors (Lipinski definition) is 6. The largest absolute Gasteiger partial charge is 0.477 e. The maximum absolute atomic E-state index is 12.7. The first-order valence-electron chi connectivity index (χ1n) is 8.75. The molecule has 11 heteroatoms. The van der Waals surface area contributed by atoms with Gasteiger partial charge in [0.05, 0.1) is 19.0 Å². The number of carbonyl (C=O) groups is 2. The third kappa shape index (κ3) is 3.84. The molecule has 1 saturated carbocycles. The minimum atomic E-state index is -4.53. The van der Waals surface area contributed by atoms with Crippen LogP contribution >= 0.6 is 0 Å². The molecule has 4 rings (SSSR count). The van der Waals surface area contributed by atoms with E-state index in [1.165, 1.54) is 18.3 Å². The molecule has 1 amide bonds. The Balaban J connectivity index is 1.31. The molecule has 1 aliphatic carbocycles. The summed E-state index contributed by atoms with van der Waals surface area (Å²) >= 11 is 0. The molecular formula is C18H15F3N4O4. The summed E-state index contributed by atoms with van der Waals surface area (Å²) in [5.74, 6) is -1.25. The van der Waals surface area contributed by atoms with Gasteiger partial charge in [0.1, 0.15) is 11.4 Å². The summed E-state index contributed by atoms with van der Waals surface area (Å²) < 4.78 is 43.5. The zero-order valence-electron chi connectivity index (χ0n) is 14.8. The highest BCUT2D eigenvalue weighted by atomic mass is 19.4. The van der Waals surface area contributed by atoms with E-state index < -0.39 is 23.7 Å². The van der Waals surface area contributed by atoms with E-state index >= 15 is 0 Å². The molecule has 1 aliphatic heterocycles. The maximum Gasteiger partial charge on any atom is 0.433 e. The van der Waals surface area contributed by atoms with Gasteiger partial charge in [0.25, 0.3) is 5.91 Å². The lowest BCUT2D eigenvalue weighted by molar-refractivity contribution is -0.141. The number of rotatable bonds is 5. The van der Waals surface area contributed by atoms with Gasteiger partial charge in [0.2, 0.25) is 5.88 Å². The number of halogens is 3. The van der Waals surface area contributed by atoms with E-state index in [0.717, 1.165) is 12.3 Å². The summed E-state index contributed by atoms with van der Waals surface area (Å²) in [7, 11) is 0. The fraction of sp³-hybridized carbons (Fsp3) is 0.389. The highest BCUT2D eigenvalue weighted by Gasteiger charge is 2.57.